The van der Waals surface area contributed by atoms with Crippen molar-refractivity contribution < 1.29 is 0 Å². The smallest absolute Gasteiger partial charge is 0.0507 e. The predicted octanol–water partition coefficient (Wildman–Crippen LogP) is 4.22. The summed E-state index contributed by atoms with van der Waals surface area (Å²) in [5.74, 6) is 0. The van der Waals surface area contributed by atoms with Crippen molar-refractivity contribution in [3.8, 4) is 0 Å². The summed E-state index contributed by atoms with van der Waals surface area (Å²) in [5.41, 5.74) is 4.48. The van der Waals surface area contributed by atoms with Crippen LogP contribution in [0.1, 0.15) is 62.3 Å². The topological polar surface area (TPSA) is 15.3 Å². The summed E-state index contributed by atoms with van der Waals surface area (Å²) in [6.45, 7) is 11.7. The molecule has 2 heteroatoms. The molecule has 1 aromatic carbocycles. The lowest BCUT2D eigenvalue weighted by Gasteiger charge is -2.47. The maximum absolute atomic E-state index is 3.66. The number of rotatable bonds is 6. The Hall–Kier alpha value is -0.860. The molecule has 1 fully saturated rings. The Morgan fingerprint density at radius 2 is 1.76 bits per heavy atom. The number of aryl methyl sites for hydroxylation is 2. The minimum atomic E-state index is 0.241. The third-order valence-electron chi connectivity index (χ3n) is 5.52. The minimum absolute atomic E-state index is 0.241. The average Bonchev–Trinajstić information content (AvgIpc) is 3.01. The van der Waals surface area contributed by atoms with Crippen LogP contribution in [0.3, 0.4) is 0 Å². The van der Waals surface area contributed by atoms with Crippen molar-refractivity contribution >= 4 is 0 Å². The van der Waals surface area contributed by atoms with Gasteiger partial charge in [0.25, 0.3) is 0 Å². The Labute approximate surface area is 130 Å². The average molecular weight is 288 g/mol. The van der Waals surface area contributed by atoms with Crippen LogP contribution in [0, 0.1) is 13.8 Å². The minimum Gasteiger partial charge on any atom is -0.311 e. The third kappa shape index (κ3) is 3.02. The predicted molar refractivity (Wildman–Crippen MR) is 91.8 cm³/mol. The van der Waals surface area contributed by atoms with E-state index < -0.39 is 0 Å². The second kappa shape index (κ2) is 6.93. The van der Waals surface area contributed by atoms with Gasteiger partial charge in [-0.25, -0.2) is 0 Å². The van der Waals surface area contributed by atoms with Crippen molar-refractivity contribution in [3.05, 3.63) is 34.9 Å². The van der Waals surface area contributed by atoms with Gasteiger partial charge in [0.2, 0.25) is 0 Å². The summed E-state index contributed by atoms with van der Waals surface area (Å²) in [7, 11) is 2.13. The second-order valence-corrected chi connectivity index (χ2v) is 6.59. The van der Waals surface area contributed by atoms with Crippen LogP contribution < -0.4 is 5.32 Å². The molecule has 1 atom stereocenters. The molecule has 1 unspecified atom stereocenters. The molecule has 0 aliphatic carbocycles. The Morgan fingerprint density at radius 3 is 2.24 bits per heavy atom. The van der Waals surface area contributed by atoms with Gasteiger partial charge in [0.05, 0.1) is 6.04 Å². The Bertz CT molecular complexity index is 457. The van der Waals surface area contributed by atoms with Crippen LogP contribution in [0.25, 0.3) is 0 Å². The molecule has 1 aliphatic rings. The van der Waals surface area contributed by atoms with Crippen molar-refractivity contribution in [2.75, 3.05) is 20.1 Å². The Kier molecular flexibility index (Phi) is 5.45. The van der Waals surface area contributed by atoms with Crippen LogP contribution >= 0.6 is 0 Å². The molecule has 0 saturated carbocycles. The fourth-order valence-corrected chi connectivity index (χ4v) is 4.31. The first-order valence-corrected chi connectivity index (χ1v) is 8.58. The fourth-order valence-electron chi connectivity index (χ4n) is 4.31. The van der Waals surface area contributed by atoms with E-state index in [0.29, 0.717) is 6.04 Å². The lowest BCUT2D eigenvalue weighted by molar-refractivity contribution is 0.0644. The van der Waals surface area contributed by atoms with Crippen molar-refractivity contribution in [1.29, 1.82) is 0 Å². The fraction of sp³-hybridized carbons (Fsp3) is 0.684. The molecule has 0 radical (unpaired) electrons. The van der Waals surface area contributed by atoms with Gasteiger partial charge in [0, 0.05) is 5.54 Å². The molecule has 1 heterocycles. The highest BCUT2D eigenvalue weighted by molar-refractivity contribution is 5.35. The molecule has 0 amide bonds. The van der Waals surface area contributed by atoms with Crippen molar-refractivity contribution in [1.82, 2.24) is 10.2 Å². The van der Waals surface area contributed by atoms with Gasteiger partial charge < -0.3 is 5.32 Å². The van der Waals surface area contributed by atoms with E-state index in [9.17, 15) is 0 Å². The first kappa shape index (κ1) is 16.5. The second-order valence-electron chi connectivity index (χ2n) is 6.59. The first-order valence-electron chi connectivity index (χ1n) is 8.58. The summed E-state index contributed by atoms with van der Waals surface area (Å²) >= 11 is 0. The summed E-state index contributed by atoms with van der Waals surface area (Å²) in [6.07, 6.45) is 5.10. The van der Waals surface area contributed by atoms with Gasteiger partial charge in [0.1, 0.15) is 0 Å². The van der Waals surface area contributed by atoms with E-state index in [4.69, 9.17) is 0 Å². The summed E-state index contributed by atoms with van der Waals surface area (Å²) in [5, 5.41) is 3.66. The molecule has 0 spiro atoms. The van der Waals surface area contributed by atoms with E-state index in [-0.39, 0.29) is 5.54 Å². The molecule has 2 rings (SSSR count). The first-order chi connectivity index (χ1) is 10.1. The maximum atomic E-state index is 3.66. The van der Waals surface area contributed by atoms with Crippen LogP contribution in [0.5, 0.6) is 0 Å². The number of likely N-dealkylation sites (tertiary alicyclic amines) is 1. The van der Waals surface area contributed by atoms with E-state index in [1.165, 1.54) is 55.5 Å². The summed E-state index contributed by atoms with van der Waals surface area (Å²) in [4.78, 5) is 2.74. The number of nitrogens with one attached hydrogen (secondary N) is 1. The van der Waals surface area contributed by atoms with Crippen LogP contribution in [0.4, 0.5) is 0 Å². The lowest BCUT2D eigenvalue weighted by atomic mass is 9.78. The number of hydrogen-bond donors (Lipinski definition) is 1. The zero-order valence-electron chi connectivity index (χ0n) is 14.5. The lowest BCUT2D eigenvalue weighted by Crippen LogP contribution is -2.54. The number of hydrogen-bond acceptors (Lipinski definition) is 2. The third-order valence-corrected chi connectivity index (χ3v) is 5.52. The molecule has 1 aromatic rings. The Morgan fingerprint density at radius 1 is 1.14 bits per heavy atom. The van der Waals surface area contributed by atoms with E-state index in [1.807, 2.05) is 0 Å². The van der Waals surface area contributed by atoms with Crippen molar-refractivity contribution in [2.24, 2.45) is 0 Å². The van der Waals surface area contributed by atoms with Gasteiger partial charge in [-0.3, -0.25) is 4.90 Å². The van der Waals surface area contributed by atoms with Crippen molar-refractivity contribution in [3.63, 3.8) is 0 Å². The normalized spacial score (nSPS) is 18.1. The maximum Gasteiger partial charge on any atom is 0.0507 e. The molecule has 1 saturated heterocycles. The molecule has 0 aromatic heterocycles. The highest BCUT2D eigenvalue weighted by Crippen LogP contribution is 2.40. The SMILES string of the molecule is CCC(CC)(C(NC)c1ccc(C)cc1C)N1CCCC1. The van der Waals surface area contributed by atoms with E-state index in [1.54, 1.807) is 0 Å². The zero-order chi connectivity index (χ0) is 15.5. The molecule has 1 N–H and O–H groups in total. The molecular weight excluding hydrogens is 256 g/mol. The van der Waals surface area contributed by atoms with Crippen LogP contribution in [-0.2, 0) is 0 Å². The van der Waals surface area contributed by atoms with E-state index in [0.717, 1.165) is 0 Å². The molecule has 118 valence electrons. The van der Waals surface area contributed by atoms with Gasteiger partial charge in [-0.05, 0) is 70.8 Å². The van der Waals surface area contributed by atoms with Gasteiger partial charge in [-0.15, -0.1) is 0 Å². The standard InChI is InChI=1S/C19H32N2/c1-6-19(7-2,21-12-8-9-13-21)18(20-5)17-11-10-15(3)14-16(17)4/h10-11,14,18,20H,6-9,12-13H2,1-5H3. The van der Waals surface area contributed by atoms with Crippen molar-refractivity contribution in [2.45, 2.75) is 65.0 Å². The van der Waals surface area contributed by atoms with Crippen LogP contribution in [0.2, 0.25) is 0 Å². The summed E-state index contributed by atoms with van der Waals surface area (Å²) < 4.78 is 0. The zero-order valence-corrected chi connectivity index (χ0v) is 14.5. The molecular formula is C19H32N2. The number of likely N-dealkylation sites (N-methyl/N-ethyl adjacent to an activating group) is 1. The molecule has 21 heavy (non-hydrogen) atoms. The van der Waals surface area contributed by atoms with Crippen LogP contribution in [-0.4, -0.2) is 30.6 Å². The van der Waals surface area contributed by atoms with E-state index >= 15 is 0 Å². The van der Waals surface area contributed by atoms with Crippen LogP contribution in [0.15, 0.2) is 18.2 Å². The highest BCUT2D eigenvalue weighted by atomic mass is 15.2. The largest absolute Gasteiger partial charge is 0.311 e. The molecule has 0 bridgehead atoms. The summed E-state index contributed by atoms with van der Waals surface area (Å²) in [6, 6.07) is 7.32. The quantitative estimate of drug-likeness (QED) is 0.843. The molecule has 2 nitrogen and oxygen atoms in total. The van der Waals surface area contributed by atoms with Gasteiger partial charge >= 0.3 is 0 Å². The monoisotopic (exact) mass is 288 g/mol. The molecule has 1 aliphatic heterocycles. The van der Waals surface area contributed by atoms with E-state index in [2.05, 4.69) is 63.2 Å². The Balaban J connectivity index is 2.44. The highest BCUT2D eigenvalue weighted by Gasteiger charge is 2.42. The van der Waals surface area contributed by atoms with Gasteiger partial charge in [-0.1, -0.05) is 37.6 Å². The van der Waals surface area contributed by atoms with Gasteiger partial charge in [0.15, 0.2) is 0 Å². The number of nitrogens with zero attached hydrogens (tertiary/aromatic N) is 1. The van der Waals surface area contributed by atoms with Gasteiger partial charge in [-0.2, -0.15) is 0 Å². The number of benzene rings is 1.